The molecule has 0 spiro atoms. The van der Waals surface area contributed by atoms with Crippen LogP contribution in [0.1, 0.15) is 33.6 Å². The quantitative estimate of drug-likeness (QED) is 0.587. The number of hydrogen-bond acceptors (Lipinski definition) is 4. The van der Waals surface area contributed by atoms with E-state index in [1.807, 2.05) is 23.9 Å². The van der Waals surface area contributed by atoms with E-state index in [1.165, 1.54) is 12.8 Å². The molecule has 3 nitrogen and oxygen atoms in total. The largest absolute Gasteiger partial charge is 0.313 e. The smallest absolute Gasteiger partial charge is 0.117 e. The molecule has 0 saturated heterocycles. The van der Waals surface area contributed by atoms with Crippen LogP contribution >= 0.6 is 11.8 Å². The third-order valence-electron chi connectivity index (χ3n) is 3.89. The molecule has 21 heavy (non-hydrogen) atoms. The van der Waals surface area contributed by atoms with Crippen molar-refractivity contribution < 1.29 is 0 Å². The number of benzene rings is 1. The van der Waals surface area contributed by atoms with Gasteiger partial charge in [0, 0.05) is 17.2 Å². The van der Waals surface area contributed by atoms with Crippen molar-refractivity contribution in [3.63, 3.8) is 0 Å². The Morgan fingerprint density at radius 1 is 1.19 bits per heavy atom. The van der Waals surface area contributed by atoms with Crippen molar-refractivity contribution in [2.75, 3.05) is 12.3 Å². The van der Waals surface area contributed by atoms with Crippen molar-refractivity contribution in [3.8, 4) is 0 Å². The van der Waals surface area contributed by atoms with Gasteiger partial charge in [0.15, 0.2) is 0 Å². The number of nitrogens with zero attached hydrogens (tertiary/aromatic N) is 2. The molecular formula is C17H25N3S. The van der Waals surface area contributed by atoms with Crippen molar-refractivity contribution in [3.05, 3.63) is 30.6 Å². The van der Waals surface area contributed by atoms with Gasteiger partial charge in [-0.2, -0.15) is 0 Å². The SMILES string of the molecule is CCCNC(CSc1ncnc2ccccc12)C(C)CC. The van der Waals surface area contributed by atoms with Crippen LogP contribution in [0.25, 0.3) is 10.9 Å². The molecule has 0 fully saturated rings. The first-order chi connectivity index (χ1) is 10.3. The standard InChI is InChI=1S/C17H25N3S/c1-4-10-18-16(13(3)5-2)11-21-17-14-8-6-7-9-15(14)19-12-20-17/h6-9,12-13,16,18H,4-5,10-11H2,1-3H3. The van der Waals surface area contributed by atoms with Gasteiger partial charge in [0.25, 0.3) is 0 Å². The molecule has 114 valence electrons. The Labute approximate surface area is 132 Å². The summed E-state index contributed by atoms with van der Waals surface area (Å²) < 4.78 is 0. The predicted octanol–water partition coefficient (Wildman–Crippen LogP) is 4.14. The molecular weight excluding hydrogens is 278 g/mol. The second kappa shape index (κ2) is 8.35. The van der Waals surface area contributed by atoms with Gasteiger partial charge in [-0.3, -0.25) is 0 Å². The van der Waals surface area contributed by atoms with Gasteiger partial charge in [0.05, 0.1) is 5.52 Å². The Balaban J connectivity index is 2.08. The number of para-hydroxylation sites is 1. The van der Waals surface area contributed by atoms with Crippen LogP contribution in [0.15, 0.2) is 35.6 Å². The van der Waals surface area contributed by atoms with Crippen molar-refractivity contribution in [1.82, 2.24) is 15.3 Å². The fourth-order valence-corrected chi connectivity index (χ4v) is 3.54. The van der Waals surface area contributed by atoms with Crippen LogP contribution in [0.5, 0.6) is 0 Å². The summed E-state index contributed by atoms with van der Waals surface area (Å²) in [5, 5.41) is 5.92. The van der Waals surface area contributed by atoms with Gasteiger partial charge in [0.1, 0.15) is 11.4 Å². The summed E-state index contributed by atoms with van der Waals surface area (Å²) in [7, 11) is 0. The highest BCUT2D eigenvalue weighted by atomic mass is 32.2. The molecule has 1 N–H and O–H groups in total. The zero-order valence-electron chi connectivity index (χ0n) is 13.2. The highest BCUT2D eigenvalue weighted by Crippen LogP contribution is 2.26. The minimum Gasteiger partial charge on any atom is -0.313 e. The molecule has 2 atom stereocenters. The van der Waals surface area contributed by atoms with Crippen LogP contribution in [0.4, 0.5) is 0 Å². The normalized spacial score (nSPS) is 14.2. The fourth-order valence-electron chi connectivity index (χ4n) is 2.30. The molecule has 1 aromatic carbocycles. The molecule has 0 bridgehead atoms. The van der Waals surface area contributed by atoms with Crippen LogP contribution in [0.2, 0.25) is 0 Å². The summed E-state index contributed by atoms with van der Waals surface area (Å²) in [6.07, 6.45) is 4.04. The molecule has 0 saturated carbocycles. The van der Waals surface area contributed by atoms with E-state index in [-0.39, 0.29) is 0 Å². The average molecular weight is 303 g/mol. The van der Waals surface area contributed by atoms with Crippen LogP contribution < -0.4 is 5.32 Å². The highest BCUT2D eigenvalue weighted by Gasteiger charge is 2.16. The minimum absolute atomic E-state index is 0.536. The zero-order chi connectivity index (χ0) is 15.1. The molecule has 0 radical (unpaired) electrons. The molecule has 1 heterocycles. The molecule has 0 aliphatic carbocycles. The van der Waals surface area contributed by atoms with Crippen LogP contribution in [0.3, 0.4) is 0 Å². The van der Waals surface area contributed by atoms with E-state index in [4.69, 9.17) is 0 Å². The van der Waals surface area contributed by atoms with Crippen LogP contribution in [-0.2, 0) is 0 Å². The maximum absolute atomic E-state index is 4.47. The lowest BCUT2D eigenvalue weighted by Crippen LogP contribution is -2.37. The monoisotopic (exact) mass is 303 g/mol. The summed E-state index contributed by atoms with van der Waals surface area (Å²) in [6, 6.07) is 8.76. The maximum atomic E-state index is 4.47. The molecule has 0 aliphatic rings. The lowest BCUT2D eigenvalue weighted by molar-refractivity contribution is 0.397. The van der Waals surface area contributed by atoms with Crippen molar-refractivity contribution >= 4 is 22.7 Å². The third kappa shape index (κ3) is 4.42. The van der Waals surface area contributed by atoms with Crippen LogP contribution in [-0.4, -0.2) is 28.3 Å². The summed E-state index contributed by atoms with van der Waals surface area (Å²) in [5.74, 6) is 1.73. The molecule has 4 heteroatoms. The lowest BCUT2D eigenvalue weighted by atomic mass is 10.0. The molecule has 2 unspecified atom stereocenters. The summed E-state index contributed by atoms with van der Waals surface area (Å²) in [6.45, 7) is 7.88. The molecule has 0 aliphatic heterocycles. The minimum atomic E-state index is 0.536. The maximum Gasteiger partial charge on any atom is 0.117 e. The fraction of sp³-hybridized carbons (Fsp3) is 0.529. The Morgan fingerprint density at radius 3 is 2.76 bits per heavy atom. The van der Waals surface area contributed by atoms with Gasteiger partial charge in [-0.15, -0.1) is 11.8 Å². The summed E-state index contributed by atoms with van der Waals surface area (Å²) in [4.78, 5) is 8.80. The molecule has 2 aromatic rings. The van der Waals surface area contributed by atoms with Gasteiger partial charge in [-0.25, -0.2) is 9.97 Å². The number of fused-ring (bicyclic) bond motifs is 1. The van der Waals surface area contributed by atoms with E-state index >= 15 is 0 Å². The van der Waals surface area contributed by atoms with E-state index in [0.29, 0.717) is 12.0 Å². The third-order valence-corrected chi connectivity index (χ3v) is 5.02. The zero-order valence-corrected chi connectivity index (χ0v) is 14.0. The predicted molar refractivity (Wildman–Crippen MR) is 91.8 cm³/mol. The Bertz CT molecular complexity index is 553. The van der Waals surface area contributed by atoms with Crippen molar-refractivity contribution in [1.29, 1.82) is 0 Å². The molecule has 0 amide bonds. The Kier molecular flexibility index (Phi) is 6.46. The number of hydrogen-bond donors (Lipinski definition) is 1. The van der Waals surface area contributed by atoms with Gasteiger partial charge in [-0.1, -0.05) is 45.4 Å². The van der Waals surface area contributed by atoms with Gasteiger partial charge < -0.3 is 5.32 Å². The summed E-state index contributed by atoms with van der Waals surface area (Å²) >= 11 is 1.84. The van der Waals surface area contributed by atoms with Crippen molar-refractivity contribution in [2.24, 2.45) is 5.92 Å². The first kappa shape index (κ1) is 16.2. The molecule has 2 rings (SSSR count). The van der Waals surface area contributed by atoms with E-state index in [1.54, 1.807) is 6.33 Å². The van der Waals surface area contributed by atoms with Crippen LogP contribution in [0, 0.1) is 5.92 Å². The second-order valence-corrected chi connectivity index (χ2v) is 6.46. The molecule has 1 aromatic heterocycles. The van der Waals surface area contributed by atoms with Crippen molar-refractivity contribution in [2.45, 2.75) is 44.7 Å². The van der Waals surface area contributed by atoms with Gasteiger partial charge >= 0.3 is 0 Å². The van der Waals surface area contributed by atoms with E-state index in [0.717, 1.165) is 28.2 Å². The average Bonchev–Trinajstić information content (AvgIpc) is 2.54. The Morgan fingerprint density at radius 2 is 2.00 bits per heavy atom. The topological polar surface area (TPSA) is 37.8 Å². The van der Waals surface area contributed by atoms with E-state index < -0.39 is 0 Å². The van der Waals surface area contributed by atoms with E-state index in [2.05, 4.69) is 48.2 Å². The van der Waals surface area contributed by atoms with Gasteiger partial charge in [-0.05, 0) is 24.9 Å². The lowest BCUT2D eigenvalue weighted by Gasteiger charge is -2.24. The second-order valence-electron chi connectivity index (χ2n) is 5.45. The number of nitrogens with one attached hydrogen (secondary N) is 1. The first-order valence-corrected chi connectivity index (χ1v) is 8.80. The number of thioether (sulfide) groups is 1. The van der Waals surface area contributed by atoms with Gasteiger partial charge in [0.2, 0.25) is 0 Å². The first-order valence-electron chi connectivity index (χ1n) is 7.82. The number of aromatic nitrogens is 2. The summed E-state index contributed by atoms with van der Waals surface area (Å²) in [5.41, 5.74) is 1.02. The number of rotatable bonds is 8. The van der Waals surface area contributed by atoms with E-state index in [9.17, 15) is 0 Å². The Hall–Kier alpha value is -1.13. The highest BCUT2D eigenvalue weighted by molar-refractivity contribution is 7.99.